The van der Waals surface area contributed by atoms with E-state index in [2.05, 4.69) is 5.32 Å². The SMILES string of the molecule is CCC(C(=O)NCC(C)C)N(Cc1ccc(OC)cc1)C(=O)CN(c1cccc(C)c1)S(=O)(=O)c1ccc(C)cc1. The van der Waals surface area contributed by atoms with E-state index in [9.17, 15) is 18.0 Å². The fourth-order valence-electron chi connectivity index (χ4n) is 4.42. The third-order valence-electron chi connectivity index (χ3n) is 6.76. The second-order valence-electron chi connectivity index (χ2n) is 10.6. The Hall–Kier alpha value is -3.85. The summed E-state index contributed by atoms with van der Waals surface area (Å²) in [6.07, 6.45) is 0.362. The molecule has 3 rings (SSSR count). The van der Waals surface area contributed by atoms with Gasteiger partial charge >= 0.3 is 0 Å². The summed E-state index contributed by atoms with van der Waals surface area (Å²) in [5, 5.41) is 2.94. The molecule has 3 aromatic rings. The zero-order valence-corrected chi connectivity index (χ0v) is 25.6. The third kappa shape index (κ3) is 8.33. The molecule has 9 heteroatoms. The van der Waals surface area contributed by atoms with Gasteiger partial charge in [0, 0.05) is 13.1 Å². The van der Waals surface area contributed by atoms with Crippen molar-refractivity contribution < 1.29 is 22.7 Å². The number of nitrogens with zero attached hydrogens (tertiary/aromatic N) is 2. The highest BCUT2D eigenvalue weighted by molar-refractivity contribution is 7.92. The van der Waals surface area contributed by atoms with Gasteiger partial charge in [-0.05, 0) is 73.7 Å². The fourth-order valence-corrected chi connectivity index (χ4v) is 5.82. The molecular weight excluding hydrogens is 538 g/mol. The molecule has 0 heterocycles. The summed E-state index contributed by atoms with van der Waals surface area (Å²) in [5.41, 5.74) is 2.94. The number of sulfonamides is 1. The molecule has 8 nitrogen and oxygen atoms in total. The van der Waals surface area contributed by atoms with Gasteiger partial charge in [-0.2, -0.15) is 0 Å². The number of nitrogens with one attached hydrogen (secondary N) is 1. The summed E-state index contributed by atoms with van der Waals surface area (Å²) < 4.78 is 34.3. The molecule has 1 atom stereocenters. The van der Waals surface area contributed by atoms with Crippen LogP contribution in [0.1, 0.15) is 43.9 Å². The maximum atomic E-state index is 14.1. The zero-order valence-electron chi connectivity index (χ0n) is 24.8. The Balaban J connectivity index is 2.04. The largest absolute Gasteiger partial charge is 0.497 e. The number of carbonyl (C=O) groups is 2. The Morgan fingerprint density at radius 3 is 2.15 bits per heavy atom. The van der Waals surface area contributed by atoms with Crippen molar-refractivity contribution in [1.29, 1.82) is 0 Å². The van der Waals surface area contributed by atoms with Crippen LogP contribution in [0.3, 0.4) is 0 Å². The number of carbonyl (C=O) groups excluding carboxylic acids is 2. The average molecular weight is 580 g/mol. The average Bonchev–Trinajstić information content (AvgIpc) is 2.95. The minimum Gasteiger partial charge on any atom is -0.497 e. The molecular formula is C32H41N3O5S. The van der Waals surface area contributed by atoms with Crippen LogP contribution in [0.25, 0.3) is 0 Å². The first-order valence-electron chi connectivity index (χ1n) is 13.8. The molecule has 1 unspecified atom stereocenters. The van der Waals surface area contributed by atoms with Crippen molar-refractivity contribution in [3.8, 4) is 5.75 Å². The van der Waals surface area contributed by atoms with Gasteiger partial charge in [0.15, 0.2) is 0 Å². The van der Waals surface area contributed by atoms with E-state index < -0.39 is 28.5 Å². The highest BCUT2D eigenvalue weighted by atomic mass is 32.2. The van der Waals surface area contributed by atoms with Crippen LogP contribution in [0.2, 0.25) is 0 Å². The Kier molecular flexibility index (Phi) is 10.9. The van der Waals surface area contributed by atoms with E-state index in [1.165, 1.54) is 4.90 Å². The van der Waals surface area contributed by atoms with Crippen LogP contribution in [0.5, 0.6) is 5.75 Å². The smallest absolute Gasteiger partial charge is 0.264 e. The van der Waals surface area contributed by atoms with Gasteiger partial charge in [0.25, 0.3) is 10.0 Å². The lowest BCUT2D eigenvalue weighted by atomic mass is 10.1. The van der Waals surface area contributed by atoms with Crippen LogP contribution in [0.15, 0.2) is 77.7 Å². The van der Waals surface area contributed by atoms with Crippen molar-refractivity contribution in [2.24, 2.45) is 5.92 Å². The van der Waals surface area contributed by atoms with E-state index in [1.54, 1.807) is 61.7 Å². The van der Waals surface area contributed by atoms with Gasteiger partial charge in [-0.15, -0.1) is 0 Å². The molecule has 0 bridgehead atoms. The van der Waals surface area contributed by atoms with Gasteiger partial charge in [0.05, 0.1) is 17.7 Å². The van der Waals surface area contributed by atoms with Gasteiger partial charge in [0.1, 0.15) is 18.3 Å². The summed E-state index contributed by atoms with van der Waals surface area (Å²) in [4.78, 5) is 29.0. The van der Waals surface area contributed by atoms with Gasteiger partial charge in [-0.25, -0.2) is 8.42 Å². The molecule has 0 radical (unpaired) electrons. The van der Waals surface area contributed by atoms with Crippen molar-refractivity contribution in [1.82, 2.24) is 10.2 Å². The number of amides is 2. The molecule has 0 aliphatic carbocycles. The summed E-state index contributed by atoms with van der Waals surface area (Å²) >= 11 is 0. The summed E-state index contributed by atoms with van der Waals surface area (Å²) in [6.45, 7) is 9.71. The minimum absolute atomic E-state index is 0.0841. The molecule has 0 spiro atoms. The zero-order chi connectivity index (χ0) is 30.2. The molecule has 1 N–H and O–H groups in total. The number of rotatable bonds is 13. The Morgan fingerprint density at radius 1 is 0.927 bits per heavy atom. The number of anilines is 1. The monoisotopic (exact) mass is 579 g/mol. The standard InChI is InChI=1S/C32H41N3O5S/c1-7-30(32(37)33-20-23(2)3)34(21-26-13-15-28(40-6)16-14-26)31(36)22-35(27-10-8-9-25(5)19-27)41(38,39)29-17-11-24(4)12-18-29/h8-19,23,30H,7,20-22H2,1-6H3,(H,33,37). The van der Waals surface area contributed by atoms with E-state index in [0.29, 0.717) is 24.4 Å². The predicted octanol–water partition coefficient (Wildman–Crippen LogP) is 5.09. The van der Waals surface area contributed by atoms with Crippen molar-refractivity contribution in [2.75, 3.05) is 24.5 Å². The van der Waals surface area contributed by atoms with Crippen LogP contribution >= 0.6 is 0 Å². The van der Waals surface area contributed by atoms with E-state index in [-0.39, 0.29) is 23.3 Å². The fraction of sp³-hybridized carbons (Fsp3) is 0.375. The van der Waals surface area contributed by atoms with Crippen LogP contribution in [-0.4, -0.2) is 51.4 Å². The lowest BCUT2D eigenvalue weighted by Crippen LogP contribution is -2.52. The first kappa shape index (κ1) is 31.7. The normalized spacial score (nSPS) is 12.1. The molecule has 0 aromatic heterocycles. The van der Waals surface area contributed by atoms with Gasteiger partial charge in [-0.1, -0.05) is 62.7 Å². The third-order valence-corrected chi connectivity index (χ3v) is 8.55. The van der Waals surface area contributed by atoms with Gasteiger partial charge in [-0.3, -0.25) is 13.9 Å². The number of hydrogen-bond donors (Lipinski definition) is 1. The molecule has 220 valence electrons. The second kappa shape index (κ2) is 14.2. The number of hydrogen-bond acceptors (Lipinski definition) is 5. The van der Waals surface area contributed by atoms with Gasteiger partial charge < -0.3 is 15.0 Å². The van der Waals surface area contributed by atoms with Gasteiger partial charge in [0.2, 0.25) is 11.8 Å². The lowest BCUT2D eigenvalue weighted by molar-refractivity contribution is -0.140. The maximum Gasteiger partial charge on any atom is 0.264 e. The first-order valence-corrected chi connectivity index (χ1v) is 15.3. The first-order chi connectivity index (χ1) is 19.5. The molecule has 41 heavy (non-hydrogen) atoms. The van der Waals surface area contributed by atoms with E-state index >= 15 is 0 Å². The van der Waals surface area contributed by atoms with E-state index in [0.717, 1.165) is 21.0 Å². The maximum absolute atomic E-state index is 14.1. The lowest BCUT2D eigenvalue weighted by Gasteiger charge is -2.33. The summed E-state index contributed by atoms with van der Waals surface area (Å²) in [7, 11) is -2.53. The molecule has 0 aliphatic heterocycles. The topological polar surface area (TPSA) is 96.0 Å². The van der Waals surface area contributed by atoms with Crippen LogP contribution in [0, 0.1) is 19.8 Å². The Labute approximate surface area is 244 Å². The number of methoxy groups -OCH3 is 1. The van der Waals surface area contributed by atoms with Crippen LogP contribution in [0.4, 0.5) is 5.69 Å². The predicted molar refractivity (Wildman–Crippen MR) is 162 cm³/mol. The van der Waals surface area contributed by atoms with Crippen molar-refractivity contribution >= 4 is 27.5 Å². The second-order valence-corrected chi connectivity index (χ2v) is 12.5. The summed E-state index contributed by atoms with van der Waals surface area (Å²) in [5.74, 6) is 0.151. The summed E-state index contributed by atoms with van der Waals surface area (Å²) in [6, 6.07) is 20.0. The molecule has 0 aliphatic rings. The van der Waals surface area contributed by atoms with Crippen molar-refractivity contribution in [3.05, 3.63) is 89.5 Å². The quantitative estimate of drug-likeness (QED) is 0.305. The molecule has 0 fully saturated rings. The van der Waals surface area contributed by atoms with Crippen molar-refractivity contribution in [3.63, 3.8) is 0 Å². The molecule has 3 aromatic carbocycles. The molecule has 0 saturated heterocycles. The van der Waals surface area contributed by atoms with E-state index in [4.69, 9.17) is 4.74 Å². The van der Waals surface area contributed by atoms with Crippen LogP contribution < -0.4 is 14.4 Å². The molecule has 0 saturated carbocycles. The number of aryl methyl sites for hydroxylation is 2. The minimum atomic E-state index is -4.10. The Bertz CT molecular complexity index is 1420. The Morgan fingerprint density at radius 2 is 1.59 bits per heavy atom. The molecule has 2 amide bonds. The highest BCUT2D eigenvalue weighted by Crippen LogP contribution is 2.26. The number of benzene rings is 3. The van der Waals surface area contributed by atoms with Crippen molar-refractivity contribution in [2.45, 2.75) is 58.5 Å². The van der Waals surface area contributed by atoms with E-state index in [1.807, 2.05) is 52.8 Å². The van der Waals surface area contributed by atoms with Crippen LogP contribution in [-0.2, 0) is 26.2 Å². The highest BCUT2D eigenvalue weighted by Gasteiger charge is 2.33. The number of ether oxygens (including phenoxy) is 1.